The maximum absolute atomic E-state index is 11.5. The van der Waals surface area contributed by atoms with Crippen LogP contribution in [0.5, 0.6) is 5.75 Å². The van der Waals surface area contributed by atoms with Crippen molar-refractivity contribution in [2.24, 2.45) is 5.10 Å². The number of phenolic OH excluding ortho intramolecular Hbond substituents is 1. The number of amides is 1. The Morgan fingerprint density at radius 2 is 1.88 bits per heavy atom. The van der Waals surface area contributed by atoms with Crippen LogP contribution in [-0.4, -0.2) is 16.7 Å². The second-order valence-corrected chi connectivity index (χ2v) is 3.47. The fourth-order valence-corrected chi connectivity index (χ4v) is 1.06. The van der Waals surface area contributed by atoms with Crippen molar-refractivity contribution in [3.8, 4) is 5.75 Å². The molecule has 0 saturated carbocycles. The highest BCUT2D eigenvalue weighted by Gasteiger charge is 2.11. The summed E-state index contributed by atoms with van der Waals surface area (Å²) >= 11 is 0. The van der Waals surface area contributed by atoms with Gasteiger partial charge in [0.2, 0.25) is 0 Å². The maximum atomic E-state index is 11.5. The van der Waals surface area contributed by atoms with Gasteiger partial charge in [0, 0.05) is 5.71 Å². The number of hydrazone groups is 1. The highest BCUT2D eigenvalue weighted by Crippen LogP contribution is 2.20. The fraction of sp³-hybridized carbons (Fsp3) is 0.385. The van der Waals surface area contributed by atoms with E-state index in [0.29, 0.717) is 5.56 Å². The van der Waals surface area contributed by atoms with Crippen molar-refractivity contribution in [3.63, 3.8) is 0 Å². The summed E-state index contributed by atoms with van der Waals surface area (Å²) in [5.74, 6) is -0.406. The summed E-state index contributed by atoms with van der Waals surface area (Å²) < 4.78 is 0. The number of phenols is 1. The number of aromatic hydroxyl groups is 1. The quantitative estimate of drug-likeness (QED) is 0.612. The maximum Gasteiger partial charge on any atom is 0.275 e. The number of carbonyl (C=O) groups excluding carboxylic acids is 1. The van der Waals surface area contributed by atoms with Gasteiger partial charge in [0.15, 0.2) is 0 Å². The highest BCUT2D eigenvalue weighted by molar-refractivity contribution is 5.97. The minimum absolute atomic E-state index is 0.000967. The van der Waals surface area contributed by atoms with Crippen LogP contribution in [-0.2, 0) is 0 Å². The Hall–Kier alpha value is -1.84. The molecule has 0 bridgehead atoms. The first kappa shape index (κ1) is 15.2. The lowest BCUT2D eigenvalue weighted by atomic mass is 10.1. The molecule has 0 radical (unpaired) electrons. The van der Waals surface area contributed by atoms with Gasteiger partial charge in [-0.2, -0.15) is 5.10 Å². The van der Waals surface area contributed by atoms with Gasteiger partial charge in [-0.25, -0.2) is 5.43 Å². The van der Waals surface area contributed by atoms with Crippen LogP contribution >= 0.6 is 0 Å². The lowest BCUT2D eigenvalue weighted by Gasteiger charge is -2.05. The van der Waals surface area contributed by atoms with Crippen LogP contribution < -0.4 is 5.43 Å². The van der Waals surface area contributed by atoms with Gasteiger partial charge in [-0.15, -0.1) is 0 Å². The van der Waals surface area contributed by atoms with Crippen molar-refractivity contribution < 1.29 is 9.90 Å². The van der Waals surface area contributed by atoms with Crippen molar-refractivity contribution in [3.05, 3.63) is 29.3 Å². The van der Waals surface area contributed by atoms with E-state index < -0.39 is 5.91 Å². The van der Waals surface area contributed by atoms with Crippen molar-refractivity contribution >= 4 is 11.6 Å². The zero-order chi connectivity index (χ0) is 13.4. The van der Waals surface area contributed by atoms with Crippen LogP contribution in [0, 0.1) is 6.92 Å². The molecule has 17 heavy (non-hydrogen) atoms. The van der Waals surface area contributed by atoms with Gasteiger partial charge in [0.05, 0.1) is 5.56 Å². The molecule has 4 heteroatoms. The lowest BCUT2D eigenvalue weighted by molar-refractivity contribution is 0.0952. The van der Waals surface area contributed by atoms with Crippen molar-refractivity contribution in [2.45, 2.75) is 34.6 Å². The molecule has 4 nitrogen and oxygen atoms in total. The Morgan fingerprint density at radius 3 is 2.41 bits per heavy atom. The zero-order valence-electron chi connectivity index (χ0n) is 11.0. The molecule has 0 unspecified atom stereocenters. The monoisotopic (exact) mass is 236 g/mol. The van der Waals surface area contributed by atoms with Crippen LogP contribution in [0.3, 0.4) is 0 Å². The van der Waals surface area contributed by atoms with Gasteiger partial charge in [0.1, 0.15) is 5.75 Å². The number of nitrogens with zero attached hydrogens (tertiary/aromatic N) is 1. The lowest BCUT2D eigenvalue weighted by Crippen LogP contribution is -2.18. The Balaban J connectivity index is 0.00000121. The van der Waals surface area contributed by atoms with E-state index in [4.69, 9.17) is 0 Å². The number of hydrogen-bond donors (Lipinski definition) is 2. The number of nitrogens with one attached hydrogen (secondary N) is 1. The van der Waals surface area contributed by atoms with Crippen molar-refractivity contribution in [1.82, 2.24) is 5.43 Å². The van der Waals surface area contributed by atoms with Crippen LogP contribution in [0.2, 0.25) is 0 Å². The second kappa shape index (κ2) is 7.44. The number of benzene rings is 1. The van der Waals surface area contributed by atoms with E-state index in [-0.39, 0.29) is 11.3 Å². The van der Waals surface area contributed by atoms with Gasteiger partial charge in [-0.1, -0.05) is 26.0 Å². The molecule has 0 aliphatic heterocycles. The van der Waals surface area contributed by atoms with E-state index in [1.807, 2.05) is 13.8 Å². The third kappa shape index (κ3) is 4.68. The predicted octanol–water partition coefficient (Wildman–Crippen LogP) is 2.85. The van der Waals surface area contributed by atoms with E-state index in [0.717, 1.165) is 5.71 Å². The Morgan fingerprint density at radius 1 is 1.29 bits per heavy atom. The minimum atomic E-state index is -0.405. The molecule has 0 aliphatic rings. The molecule has 0 atom stereocenters. The van der Waals surface area contributed by atoms with Crippen LogP contribution in [0.1, 0.15) is 43.6 Å². The molecule has 1 aromatic carbocycles. The third-order valence-electron chi connectivity index (χ3n) is 1.86. The Kier molecular flexibility index (Phi) is 6.63. The van der Waals surface area contributed by atoms with Crippen LogP contribution in [0.4, 0.5) is 0 Å². The SMILES string of the molecule is CC.CC(C)=NNC(=O)c1cccc(C)c1O. The van der Waals surface area contributed by atoms with Crippen molar-refractivity contribution in [2.75, 3.05) is 0 Å². The fourth-order valence-electron chi connectivity index (χ4n) is 1.06. The van der Waals surface area contributed by atoms with E-state index >= 15 is 0 Å². The van der Waals surface area contributed by atoms with Gasteiger partial charge in [-0.3, -0.25) is 4.79 Å². The summed E-state index contributed by atoms with van der Waals surface area (Å²) in [4.78, 5) is 11.5. The van der Waals surface area contributed by atoms with E-state index in [9.17, 15) is 9.90 Å². The largest absolute Gasteiger partial charge is 0.507 e. The standard InChI is InChI=1S/C11H14N2O2.C2H6/c1-7(2)12-13-11(15)9-6-4-5-8(3)10(9)14;1-2/h4-6,14H,1-3H3,(H,13,15);1-2H3. The molecule has 2 N–H and O–H groups in total. The summed E-state index contributed by atoms with van der Waals surface area (Å²) in [6.45, 7) is 9.28. The van der Waals surface area contributed by atoms with E-state index in [1.54, 1.807) is 39.0 Å². The first-order chi connectivity index (χ1) is 8.02. The molecular formula is C13H20N2O2. The van der Waals surface area contributed by atoms with E-state index in [2.05, 4.69) is 10.5 Å². The minimum Gasteiger partial charge on any atom is -0.507 e. The van der Waals surface area contributed by atoms with Gasteiger partial charge in [-0.05, 0) is 32.4 Å². The topological polar surface area (TPSA) is 61.7 Å². The van der Waals surface area contributed by atoms with Crippen LogP contribution in [0.25, 0.3) is 0 Å². The van der Waals surface area contributed by atoms with Gasteiger partial charge in [0.25, 0.3) is 5.91 Å². The summed E-state index contributed by atoms with van der Waals surface area (Å²) in [6.07, 6.45) is 0. The summed E-state index contributed by atoms with van der Waals surface area (Å²) in [7, 11) is 0. The second-order valence-electron chi connectivity index (χ2n) is 3.47. The molecule has 0 saturated heterocycles. The molecule has 0 fully saturated rings. The van der Waals surface area contributed by atoms with Gasteiger partial charge >= 0.3 is 0 Å². The molecule has 0 heterocycles. The Labute approximate surface area is 102 Å². The first-order valence-electron chi connectivity index (χ1n) is 5.62. The molecular weight excluding hydrogens is 216 g/mol. The van der Waals surface area contributed by atoms with Crippen molar-refractivity contribution in [1.29, 1.82) is 0 Å². The molecule has 94 valence electrons. The predicted molar refractivity (Wildman–Crippen MR) is 70.4 cm³/mol. The Bertz CT molecular complexity index is 408. The molecule has 0 spiro atoms. The summed E-state index contributed by atoms with van der Waals surface area (Å²) in [5.41, 5.74) is 4.00. The number of rotatable bonds is 2. The number of aryl methyl sites for hydroxylation is 1. The molecule has 1 aromatic rings. The van der Waals surface area contributed by atoms with Gasteiger partial charge < -0.3 is 5.11 Å². The van der Waals surface area contributed by atoms with Crippen LogP contribution in [0.15, 0.2) is 23.3 Å². The number of para-hydroxylation sites is 1. The average molecular weight is 236 g/mol. The smallest absolute Gasteiger partial charge is 0.275 e. The normalized spacial score (nSPS) is 8.76. The summed E-state index contributed by atoms with van der Waals surface area (Å²) in [5, 5.41) is 13.4. The third-order valence-corrected chi connectivity index (χ3v) is 1.86. The number of hydrogen-bond acceptors (Lipinski definition) is 3. The summed E-state index contributed by atoms with van der Waals surface area (Å²) in [6, 6.07) is 5.01. The molecule has 1 amide bonds. The first-order valence-corrected chi connectivity index (χ1v) is 5.62. The highest BCUT2D eigenvalue weighted by atomic mass is 16.3. The molecule has 0 aliphatic carbocycles. The molecule has 0 aromatic heterocycles. The van der Waals surface area contributed by atoms with E-state index in [1.165, 1.54) is 0 Å². The average Bonchev–Trinajstić information content (AvgIpc) is 2.32. The zero-order valence-corrected chi connectivity index (χ0v) is 11.0. The molecule has 1 rings (SSSR count). The number of carbonyl (C=O) groups is 1.